The van der Waals surface area contributed by atoms with Crippen molar-refractivity contribution >= 4 is 17.6 Å². The number of aromatic nitrogens is 1. The van der Waals surface area contributed by atoms with Crippen LogP contribution in [0.15, 0.2) is 10.6 Å². The van der Waals surface area contributed by atoms with Crippen molar-refractivity contribution in [1.29, 1.82) is 0 Å². The van der Waals surface area contributed by atoms with Gasteiger partial charge < -0.3 is 19.5 Å². The Bertz CT molecular complexity index is 636. The average Bonchev–Trinajstić information content (AvgIpc) is 3.12. The van der Waals surface area contributed by atoms with Gasteiger partial charge in [-0.25, -0.2) is 0 Å². The molecule has 8 heteroatoms. The summed E-state index contributed by atoms with van der Waals surface area (Å²) in [6, 6.07) is 1.67. The van der Waals surface area contributed by atoms with Crippen LogP contribution in [0.5, 0.6) is 0 Å². The van der Waals surface area contributed by atoms with Gasteiger partial charge in [0, 0.05) is 38.2 Å². The monoisotopic (exact) mass is 392 g/mol. The van der Waals surface area contributed by atoms with Crippen LogP contribution < -0.4 is 5.32 Å². The highest BCUT2D eigenvalue weighted by atomic mass is 16.5. The van der Waals surface area contributed by atoms with Gasteiger partial charge in [0.25, 0.3) is 0 Å². The largest absolute Gasteiger partial charge is 0.379 e. The second kappa shape index (κ2) is 10.6. The number of nitrogens with one attached hydrogen (secondary N) is 1. The highest BCUT2D eigenvalue weighted by molar-refractivity contribution is 5.94. The molecule has 2 aliphatic rings. The van der Waals surface area contributed by atoms with E-state index in [2.05, 4.69) is 15.4 Å². The van der Waals surface area contributed by atoms with Crippen LogP contribution in [0.2, 0.25) is 0 Å². The van der Waals surface area contributed by atoms with Crippen LogP contribution >= 0.6 is 0 Å². The minimum Gasteiger partial charge on any atom is -0.379 e. The Morgan fingerprint density at radius 2 is 2.00 bits per heavy atom. The fraction of sp³-hybridized carbons (Fsp3) is 0.750. The summed E-state index contributed by atoms with van der Waals surface area (Å²) >= 11 is 0. The first-order valence-corrected chi connectivity index (χ1v) is 10.4. The predicted molar refractivity (Wildman–Crippen MR) is 105 cm³/mol. The summed E-state index contributed by atoms with van der Waals surface area (Å²) in [4.78, 5) is 29.6. The van der Waals surface area contributed by atoms with Gasteiger partial charge in [0.15, 0.2) is 5.82 Å². The molecule has 1 aliphatic heterocycles. The van der Waals surface area contributed by atoms with E-state index in [0.717, 1.165) is 65.0 Å². The molecular weight excluding hydrogens is 360 g/mol. The lowest BCUT2D eigenvalue weighted by Gasteiger charge is -2.31. The van der Waals surface area contributed by atoms with Gasteiger partial charge >= 0.3 is 0 Å². The summed E-state index contributed by atoms with van der Waals surface area (Å²) in [6.07, 6.45) is 6.12. The maximum absolute atomic E-state index is 13.1. The molecule has 3 rings (SSSR count). The first-order valence-electron chi connectivity index (χ1n) is 10.4. The molecule has 156 valence electrons. The van der Waals surface area contributed by atoms with E-state index in [1.165, 1.54) is 6.42 Å². The van der Waals surface area contributed by atoms with Crippen molar-refractivity contribution in [2.45, 2.75) is 45.4 Å². The molecule has 1 saturated carbocycles. The molecule has 8 nitrogen and oxygen atoms in total. The number of carbonyl (C=O) groups is 2. The first-order chi connectivity index (χ1) is 13.6. The van der Waals surface area contributed by atoms with Crippen LogP contribution in [0, 0.1) is 12.8 Å². The van der Waals surface area contributed by atoms with E-state index in [1.54, 1.807) is 17.9 Å². The van der Waals surface area contributed by atoms with Crippen molar-refractivity contribution in [3.8, 4) is 0 Å². The van der Waals surface area contributed by atoms with Gasteiger partial charge in [0.2, 0.25) is 11.8 Å². The highest BCUT2D eigenvalue weighted by Gasteiger charge is 2.27. The maximum atomic E-state index is 13.1. The molecule has 2 amide bonds. The number of amides is 2. The van der Waals surface area contributed by atoms with Gasteiger partial charge in [0.1, 0.15) is 5.76 Å². The van der Waals surface area contributed by atoms with E-state index in [4.69, 9.17) is 9.26 Å². The number of rotatable bonds is 8. The number of nitrogens with zero attached hydrogens (tertiary/aromatic N) is 3. The molecule has 1 aromatic heterocycles. The molecular formula is C20H32N4O4. The van der Waals surface area contributed by atoms with Crippen LogP contribution in [0.3, 0.4) is 0 Å². The molecule has 0 spiro atoms. The summed E-state index contributed by atoms with van der Waals surface area (Å²) in [7, 11) is 0. The molecule has 0 aromatic carbocycles. The average molecular weight is 393 g/mol. The third-order valence-corrected chi connectivity index (χ3v) is 5.50. The van der Waals surface area contributed by atoms with E-state index in [9.17, 15) is 9.59 Å². The van der Waals surface area contributed by atoms with Crippen LogP contribution in [0.1, 0.15) is 44.3 Å². The molecule has 0 atom stereocenters. The fourth-order valence-corrected chi connectivity index (χ4v) is 3.97. The number of carbonyl (C=O) groups excluding carboxylic acids is 2. The lowest BCUT2D eigenvalue weighted by molar-refractivity contribution is -0.139. The van der Waals surface area contributed by atoms with Crippen molar-refractivity contribution in [2.75, 3.05) is 51.3 Å². The number of anilines is 1. The zero-order chi connectivity index (χ0) is 19.8. The van der Waals surface area contributed by atoms with Crippen molar-refractivity contribution in [1.82, 2.24) is 15.0 Å². The number of ether oxygens (including phenoxy) is 1. The lowest BCUT2D eigenvalue weighted by Crippen LogP contribution is -2.44. The number of morpholine rings is 1. The quantitative estimate of drug-likeness (QED) is 0.729. The van der Waals surface area contributed by atoms with E-state index in [0.29, 0.717) is 18.1 Å². The minimum atomic E-state index is -0.233. The highest BCUT2D eigenvalue weighted by Crippen LogP contribution is 2.25. The summed E-state index contributed by atoms with van der Waals surface area (Å²) in [5.74, 6) is 0.966. The van der Waals surface area contributed by atoms with Crippen LogP contribution in [-0.2, 0) is 14.3 Å². The first kappa shape index (κ1) is 20.8. The molecule has 1 aromatic rings. The molecule has 0 radical (unpaired) electrons. The van der Waals surface area contributed by atoms with Crippen LogP contribution in [0.4, 0.5) is 5.82 Å². The Balaban J connectivity index is 1.54. The zero-order valence-corrected chi connectivity index (χ0v) is 16.8. The Morgan fingerprint density at radius 1 is 1.25 bits per heavy atom. The molecule has 1 aliphatic carbocycles. The predicted octanol–water partition coefficient (Wildman–Crippen LogP) is 2.05. The van der Waals surface area contributed by atoms with Gasteiger partial charge in [-0.2, -0.15) is 0 Å². The SMILES string of the molecule is Cc1cc(NC(=O)CN(CCCN2CCOCC2)C(=O)C2CCCCC2)no1. The third kappa shape index (κ3) is 6.31. The number of hydrogen-bond donors (Lipinski definition) is 1. The Hall–Kier alpha value is -1.93. The Labute approximate surface area is 166 Å². The number of hydrogen-bond acceptors (Lipinski definition) is 6. The molecule has 28 heavy (non-hydrogen) atoms. The van der Waals surface area contributed by atoms with E-state index in [1.807, 2.05) is 0 Å². The van der Waals surface area contributed by atoms with Gasteiger partial charge in [-0.15, -0.1) is 0 Å². The summed E-state index contributed by atoms with van der Waals surface area (Å²) in [5, 5.41) is 6.52. The number of aryl methyl sites for hydroxylation is 1. The molecule has 0 bridgehead atoms. The van der Waals surface area contributed by atoms with Gasteiger partial charge in [-0.1, -0.05) is 24.4 Å². The van der Waals surface area contributed by atoms with E-state index >= 15 is 0 Å². The van der Waals surface area contributed by atoms with Gasteiger partial charge in [-0.3, -0.25) is 14.5 Å². The summed E-state index contributed by atoms with van der Waals surface area (Å²) in [6.45, 7) is 6.75. The van der Waals surface area contributed by atoms with Crippen molar-refractivity contribution in [2.24, 2.45) is 5.92 Å². The Morgan fingerprint density at radius 3 is 2.68 bits per heavy atom. The molecule has 0 unspecified atom stereocenters. The zero-order valence-electron chi connectivity index (χ0n) is 16.8. The summed E-state index contributed by atoms with van der Waals surface area (Å²) in [5.41, 5.74) is 0. The van der Waals surface area contributed by atoms with Crippen LogP contribution in [0.25, 0.3) is 0 Å². The minimum absolute atomic E-state index is 0.0548. The third-order valence-electron chi connectivity index (χ3n) is 5.50. The Kier molecular flexibility index (Phi) is 7.85. The second-order valence-electron chi connectivity index (χ2n) is 7.77. The fourth-order valence-electron chi connectivity index (χ4n) is 3.97. The van der Waals surface area contributed by atoms with Crippen LogP contribution in [-0.4, -0.2) is 72.7 Å². The van der Waals surface area contributed by atoms with Crippen molar-refractivity contribution in [3.05, 3.63) is 11.8 Å². The van der Waals surface area contributed by atoms with Gasteiger partial charge in [0.05, 0.1) is 19.8 Å². The smallest absolute Gasteiger partial charge is 0.245 e. The molecule has 1 N–H and O–H groups in total. The van der Waals surface area contributed by atoms with Crippen molar-refractivity contribution in [3.63, 3.8) is 0 Å². The lowest BCUT2D eigenvalue weighted by atomic mass is 9.88. The van der Waals surface area contributed by atoms with Gasteiger partial charge in [-0.05, 0) is 26.2 Å². The summed E-state index contributed by atoms with van der Waals surface area (Å²) < 4.78 is 10.4. The molecule has 1 saturated heterocycles. The van der Waals surface area contributed by atoms with E-state index in [-0.39, 0.29) is 24.3 Å². The maximum Gasteiger partial charge on any atom is 0.245 e. The second-order valence-corrected chi connectivity index (χ2v) is 7.77. The van der Waals surface area contributed by atoms with Crippen molar-refractivity contribution < 1.29 is 18.8 Å². The normalized spacial score (nSPS) is 18.8. The standard InChI is InChI=1S/C20H32N4O4/c1-16-14-18(22-28-16)21-19(25)15-24(20(26)17-6-3-2-4-7-17)9-5-8-23-10-12-27-13-11-23/h14,17H,2-13,15H2,1H3,(H,21,22,25). The molecule has 2 heterocycles. The molecule has 2 fully saturated rings. The van der Waals surface area contributed by atoms with E-state index < -0.39 is 0 Å². The topological polar surface area (TPSA) is 87.9 Å².